The number of fused-ring (bicyclic) bond motifs is 6. The second-order valence-corrected chi connectivity index (χ2v) is 18.3. The average Bonchev–Trinajstić information content (AvgIpc) is 3.81. The van der Waals surface area contributed by atoms with Crippen LogP contribution in [0.4, 0.5) is 0 Å². The molecular formula is C45H56IrNO3S2-. The van der Waals surface area contributed by atoms with E-state index in [1.165, 1.54) is 42.3 Å². The molecule has 0 saturated heterocycles. The maximum atomic E-state index is 12.2. The summed E-state index contributed by atoms with van der Waals surface area (Å²) >= 11 is 3.68. The number of aliphatic hydroxyl groups excluding tert-OH is 1. The number of aromatic nitrogens is 1. The van der Waals surface area contributed by atoms with Crippen LogP contribution in [0.5, 0.6) is 0 Å². The van der Waals surface area contributed by atoms with E-state index in [-0.39, 0.29) is 47.9 Å². The zero-order valence-electron chi connectivity index (χ0n) is 33.1. The first kappa shape index (κ1) is 41.9. The smallest absolute Gasteiger partial charge is 0.164 e. The third-order valence-electron chi connectivity index (χ3n) is 11.3. The van der Waals surface area contributed by atoms with Gasteiger partial charge in [-0.25, -0.2) is 0 Å². The molecule has 4 aromatic heterocycles. The Morgan fingerprint density at radius 1 is 0.923 bits per heavy atom. The molecule has 0 aliphatic heterocycles. The van der Waals surface area contributed by atoms with E-state index in [9.17, 15) is 9.90 Å². The van der Waals surface area contributed by atoms with E-state index in [2.05, 4.69) is 77.3 Å². The van der Waals surface area contributed by atoms with E-state index in [1.54, 1.807) is 11.3 Å². The summed E-state index contributed by atoms with van der Waals surface area (Å²) in [5.41, 5.74) is 6.06. The van der Waals surface area contributed by atoms with Crippen molar-refractivity contribution in [3.05, 3.63) is 75.8 Å². The Bertz CT molecular complexity index is 2220. The molecule has 2 aromatic carbocycles. The summed E-state index contributed by atoms with van der Waals surface area (Å²) in [6.07, 6.45) is 7.71. The predicted molar refractivity (Wildman–Crippen MR) is 222 cm³/mol. The molecule has 6 aromatic rings. The van der Waals surface area contributed by atoms with E-state index in [0.29, 0.717) is 5.92 Å². The number of pyridine rings is 1. The van der Waals surface area contributed by atoms with E-state index >= 15 is 0 Å². The number of hydrogen-bond acceptors (Lipinski definition) is 6. The van der Waals surface area contributed by atoms with E-state index in [0.717, 1.165) is 65.3 Å². The zero-order chi connectivity index (χ0) is 37.5. The van der Waals surface area contributed by atoms with Crippen LogP contribution in [0, 0.1) is 29.7 Å². The molecule has 281 valence electrons. The number of hydrogen-bond donors (Lipinski definition) is 1. The predicted octanol–water partition coefficient (Wildman–Crippen LogP) is 14.3. The van der Waals surface area contributed by atoms with Crippen molar-refractivity contribution in [3.8, 4) is 11.3 Å². The van der Waals surface area contributed by atoms with Crippen LogP contribution in [0.3, 0.4) is 0 Å². The molecule has 1 N–H and O–H groups in total. The van der Waals surface area contributed by atoms with Gasteiger partial charge in [0.05, 0.1) is 0 Å². The number of benzene rings is 2. The first-order valence-corrected chi connectivity index (χ1v) is 20.3. The van der Waals surface area contributed by atoms with Crippen LogP contribution in [0.2, 0.25) is 0 Å². The van der Waals surface area contributed by atoms with Crippen molar-refractivity contribution in [2.75, 3.05) is 0 Å². The van der Waals surface area contributed by atoms with Crippen LogP contribution in [0.15, 0.2) is 58.2 Å². The fourth-order valence-corrected chi connectivity index (χ4v) is 9.07. The summed E-state index contributed by atoms with van der Waals surface area (Å²) in [7, 11) is 0. The SMILES string of the molecule is CCC(C)(CC)C(=O)/C=C(\O)C(C)(CC)CC.Cc1sc2c(ccc3oc4ccnc(-c5[c-]c6ccsc6c(C(C)(C)C)c5)c4c32)c1CC(C)C.[Ir]. The number of rotatable bonds is 10. The molecule has 0 aliphatic rings. The minimum atomic E-state index is -0.337. The fraction of sp³-hybridized carbons (Fsp3) is 0.467. The minimum Gasteiger partial charge on any atom is -0.512 e. The van der Waals surface area contributed by atoms with Gasteiger partial charge in [0, 0.05) is 69.3 Å². The molecular weight excluding hydrogens is 859 g/mol. The van der Waals surface area contributed by atoms with Crippen LogP contribution in [0.25, 0.3) is 53.4 Å². The van der Waals surface area contributed by atoms with Gasteiger partial charge in [0.1, 0.15) is 16.9 Å². The molecule has 0 spiro atoms. The number of nitrogens with zero attached hydrogens (tertiary/aromatic N) is 1. The summed E-state index contributed by atoms with van der Waals surface area (Å²) < 4.78 is 9.00. The van der Waals surface area contributed by atoms with Gasteiger partial charge in [0.15, 0.2) is 5.78 Å². The molecule has 4 nitrogen and oxygen atoms in total. The van der Waals surface area contributed by atoms with Crippen molar-refractivity contribution >= 4 is 70.6 Å². The topological polar surface area (TPSA) is 63.3 Å². The van der Waals surface area contributed by atoms with Crippen molar-refractivity contribution in [2.45, 2.75) is 121 Å². The number of allylic oxidation sites excluding steroid dienone is 2. The zero-order valence-corrected chi connectivity index (χ0v) is 37.1. The van der Waals surface area contributed by atoms with Gasteiger partial charge in [0.25, 0.3) is 0 Å². The Morgan fingerprint density at radius 3 is 2.15 bits per heavy atom. The van der Waals surface area contributed by atoms with Crippen LogP contribution < -0.4 is 0 Å². The van der Waals surface area contributed by atoms with Gasteiger partial charge in [-0.05, 0) is 89.6 Å². The first-order chi connectivity index (χ1) is 24.0. The second-order valence-electron chi connectivity index (χ2n) is 16.1. The molecule has 52 heavy (non-hydrogen) atoms. The summed E-state index contributed by atoms with van der Waals surface area (Å²) in [4.78, 5) is 18.5. The van der Waals surface area contributed by atoms with Gasteiger partial charge < -0.3 is 9.52 Å². The van der Waals surface area contributed by atoms with E-state index in [4.69, 9.17) is 9.40 Å². The number of thiophene rings is 2. The molecule has 0 bridgehead atoms. The Labute approximate surface area is 332 Å². The molecule has 0 amide bonds. The van der Waals surface area contributed by atoms with Crippen molar-refractivity contribution in [3.63, 3.8) is 0 Å². The largest absolute Gasteiger partial charge is 0.512 e. The molecule has 1 radical (unpaired) electrons. The maximum Gasteiger partial charge on any atom is 0.164 e. The Balaban J connectivity index is 0.000000289. The third kappa shape index (κ3) is 7.99. The molecule has 0 saturated carbocycles. The van der Waals surface area contributed by atoms with Gasteiger partial charge >= 0.3 is 0 Å². The summed E-state index contributed by atoms with van der Waals surface area (Å²) in [5.74, 6) is 0.905. The number of furan rings is 1. The van der Waals surface area contributed by atoms with Crippen molar-refractivity contribution < 1.29 is 34.4 Å². The van der Waals surface area contributed by atoms with Crippen LogP contribution in [0.1, 0.15) is 118 Å². The first-order valence-electron chi connectivity index (χ1n) is 18.6. The standard InChI is InChI=1S/C30H28NOS2.C15H28O2.Ir/c1-16(2)13-21-17(3)34-29-20(21)7-8-23-26(29)25-24(32-23)9-11-31-27(25)19-14-18-10-12-33-28(18)22(15-19)30(4,5)6;1-7-14(5,8-2)12(16)11-13(17)15(6,9-3)10-4;/h7-12,15-16H,13H2,1-6H3;11,16H,7-10H2,1-6H3;/q-1;;/b;12-11-;. The van der Waals surface area contributed by atoms with E-state index in [1.807, 2.05) is 65.1 Å². The quantitative estimate of drug-likeness (QED) is 0.0845. The minimum absolute atomic E-state index is 0. The van der Waals surface area contributed by atoms with Gasteiger partial charge in [-0.3, -0.25) is 9.78 Å². The van der Waals surface area contributed by atoms with Gasteiger partial charge in [-0.2, -0.15) is 11.3 Å². The Hall–Kier alpha value is -2.83. The molecule has 0 unspecified atom stereocenters. The van der Waals surface area contributed by atoms with E-state index < -0.39 is 0 Å². The fourth-order valence-electron chi connectivity index (χ4n) is 6.77. The number of aryl methyl sites for hydroxylation is 1. The number of carbonyl (C=O) groups is 1. The monoisotopic (exact) mass is 915 g/mol. The Morgan fingerprint density at radius 2 is 1.56 bits per heavy atom. The van der Waals surface area contributed by atoms with Crippen molar-refractivity contribution in [2.24, 2.45) is 16.7 Å². The average molecular weight is 915 g/mol. The Kier molecular flexibility index (Phi) is 13.1. The summed E-state index contributed by atoms with van der Waals surface area (Å²) in [6, 6.07) is 14.5. The molecule has 7 heteroatoms. The molecule has 0 aliphatic carbocycles. The van der Waals surface area contributed by atoms with Crippen molar-refractivity contribution in [1.29, 1.82) is 0 Å². The van der Waals surface area contributed by atoms with Gasteiger partial charge in [-0.15, -0.1) is 34.9 Å². The van der Waals surface area contributed by atoms with Gasteiger partial charge in [0.2, 0.25) is 0 Å². The van der Waals surface area contributed by atoms with Crippen LogP contribution in [-0.4, -0.2) is 15.9 Å². The molecule has 4 heterocycles. The number of carbonyl (C=O) groups excluding carboxylic acids is 1. The summed E-state index contributed by atoms with van der Waals surface area (Å²) in [6.45, 7) is 25.8. The van der Waals surface area contributed by atoms with Crippen LogP contribution in [-0.2, 0) is 36.7 Å². The molecule has 0 atom stereocenters. The van der Waals surface area contributed by atoms with Gasteiger partial charge in [-0.1, -0.05) is 87.3 Å². The molecule has 6 rings (SSSR count). The maximum absolute atomic E-state index is 12.2. The van der Waals surface area contributed by atoms with Crippen molar-refractivity contribution in [1.82, 2.24) is 4.98 Å². The second kappa shape index (κ2) is 16.3. The molecule has 0 fully saturated rings. The van der Waals surface area contributed by atoms with Crippen LogP contribution >= 0.6 is 22.7 Å². The normalized spacial score (nSPS) is 12.9. The number of ketones is 1. The summed E-state index contributed by atoms with van der Waals surface area (Å²) in [5, 5.41) is 17.1. The third-order valence-corrected chi connectivity index (χ3v) is 13.4. The number of aliphatic hydroxyl groups is 1.